The molecule has 3 heterocycles. The number of rotatable bonds is 4. The lowest BCUT2D eigenvalue weighted by Gasteiger charge is -2.29. The first-order valence-electron chi connectivity index (χ1n) is 17.8. The summed E-state index contributed by atoms with van der Waals surface area (Å²) in [5.41, 5.74) is 11.4. The number of para-hydroxylation sites is 2. The van der Waals surface area contributed by atoms with Gasteiger partial charge in [0.25, 0.3) is 0 Å². The average molecular weight is 666 g/mol. The Balaban J connectivity index is 1.30. The number of fused-ring (bicyclic) bond motifs is 10. The highest BCUT2D eigenvalue weighted by Gasteiger charge is 2.29. The van der Waals surface area contributed by atoms with Gasteiger partial charge in [-0.15, -0.1) is 0 Å². The molecule has 1 atom stereocenters. The van der Waals surface area contributed by atoms with Crippen molar-refractivity contribution in [2.75, 3.05) is 0 Å². The van der Waals surface area contributed by atoms with Crippen LogP contribution in [0, 0.1) is 5.92 Å². The summed E-state index contributed by atoms with van der Waals surface area (Å²) in [7, 11) is 0. The van der Waals surface area contributed by atoms with E-state index in [0.29, 0.717) is 23.5 Å². The summed E-state index contributed by atoms with van der Waals surface area (Å²) in [4.78, 5) is 15.6. The first kappa shape index (κ1) is 28.9. The van der Waals surface area contributed by atoms with Gasteiger partial charge in [-0.05, 0) is 29.7 Å². The Bertz CT molecular complexity index is 2920. The van der Waals surface area contributed by atoms with Crippen molar-refractivity contribution >= 4 is 54.9 Å². The van der Waals surface area contributed by atoms with Crippen molar-refractivity contribution < 1.29 is 0 Å². The molecule has 0 saturated heterocycles. The van der Waals surface area contributed by atoms with Crippen LogP contribution in [0.4, 0.5) is 0 Å². The number of hydrogen-bond donors (Lipinski definition) is 0. The maximum absolute atomic E-state index is 5.27. The monoisotopic (exact) mass is 665 g/mol. The standard InChI is InChI=1S/C47H31N5/c1-3-15-30(16-4-1)45-48-46(31-17-5-2-6-18-31)50-47(49-45)52-41-26-14-12-24-37(41)39-28-27-38-36-23-11-13-25-40(36)51(43(38)44(39)52)42-29-32-19-7-8-20-33(32)34-21-9-10-22-35(34)42/h1-18,20-29,32H,19H2. The molecule has 0 bridgehead atoms. The summed E-state index contributed by atoms with van der Waals surface area (Å²) in [5, 5.41) is 4.71. The smallest absolute Gasteiger partial charge is 0.238 e. The number of allylic oxidation sites excluding steroid dienone is 5. The van der Waals surface area contributed by atoms with Crippen molar-refractivity contribution in [2.24, 2.45) is 5.92 Å². The van der Waals surface area contributed by atoms with Crippen LogP contribution in [0.3, 0.4) is 0 Å². The van der Waals surface area contributed by atoms with E-state index in [0.717, 1.165) is 44.9 Å². The van der Waals surface area contributed by atoms with E-state index in [1.54, 1.807) is 0 Å². The zero-order valence-electron chi connectivity index (χ0n) is 28.2. The molecule has 2 aliphatic carbocycles. The number of nitrogens with zero attached hydrogens (tertiary/aromatic N) is 5. The quantitative estimate of drug-likeness (QED) is 0.188. The predicted molar refractivity (Wildman–Crippen MR) is 213 cm³/mol. The van der Waals surface area contributed by atoms with Gasteiger partial charge < -0.3 is 4.57 Å². The van der Waals surface area contributed by atoms with Gasteiger partial charge in [0.2, 0.25) is 5.95 Å². The molecule has 3 aromatic heterocycles. The molecule has 9 aromatic rings. The Morgan fingerprint density at radius 2 is 1.02 bits per heavy atom. The van der Waals surface area contributed by atoms with E-state index < -0.39 is 0 Å². The molecular formula is C47H31N5. The first-order chi connectivity index (χ1) is 25.8. The van der Waals surface area contributed by atoms with Gasteiger partial charge in [-0.2, -0.15) is 9.97 Å². The summed E-state index contributed by atoms with van der Waals surface area (Å²) in [6, 6.07) is 51.3. The van der Waals surface area contributed by atoms with Gasteiger partial charge in [-0.1, -0.05) is 158 Å². The van der Waals surface area contributed by atoms with E-state index >= 15 is 0 Å². The fraction of sp³-hybridized carbons (Fsp3) is 0.0426. The van der Waals surface area contributed by atoms with Crippen molar-refractivity contribution in [2.45, 2.75) is 6.42 Å². The highest BCUT2D eigenvalue weighted by molar-refractivity contribution is 6.24. The molecular weight excluding hydrogens is 635 g/mol. The molecule has 11 rings (SSSR count). The van der Waals surface area contributed by atoms with Gasteiger partial charge in [0.05, 0.1) is 27.8 Å². The molecule has 1 unspecified atom stereocenters. The molecule has 0 spiro atoms. The molecule has 0 N–H and O–H groups in total. The minimum Gasteiger partial charge on any atom is -0.307 e. The zero-order valence-corrected chi connectivity index (χ0v) is 28.2. The second-order valence-corrected chi connectivity index (χ2v) is 13.6. The Kier molecular flexibility index (Phi) is 6.31. The van der Waals surface area contributed by atoms with E-state index in [-0.39, 0.29) is 0 Å². The van der Waals surface area contributed by atoms with Gasteiger partial charge in [-0.25, -0.2) is 4.98 Å². The molecule has 5 nitrogen and oxygen atoms in total. The van der Waals surface area contributed by atoms with Gasteiger partial charge in [0.1, 0.15) is 0 Å². The normalized spacial score (nSPS) is 15.2. The highest BCUT2D eigenvalue weighted by Crippen LogP contribution is 2.46. The van der Waals surface area contributed by atoms with Crippen LogP contribution in [0.25, 0.3) is 83.6 Å². The number of benzene rings is 6. The lowest BCUT2D eigenvalue weighted by atomic mass is 9.79. The van der Waals surface area contributed by atoms with E-state index in [1.165, 1.54) is 38.7 Å². The zero-order chi connectivity index (χ0) is 34.2. The van der Waals surface area contributed by atoms with Crippen LogP contribution in [-0.4, -0.2) is 24.1 Å². The average Bonchev–Trinajstić information content (AvgIpc) is 3.74. The van der Waals surface area contributed by atoms with Crippen LogP contribution in [0.5, 0.6) is 0 Å². The summed E-state index contributed by atoms with van der Waals surface area (Å²) >= 11 is 0. The van der Waals surface area contributed by atoms with E-state index in [4.69, 9.17) is 15.0 Å². The Hall–Kier alpha value is -6.85. The SMILES string of the molecule is C1=CCC2C=C(n3c4ccccc4c4ccc5c6ccccc6n(-c6nc(-c7ccccc7)nc(-c7ccccc7)n6)c5c43)c3ccccc3C2=C1. The predicted octanol–water partition coefficient (Wildman–Crippen LogP) is 11.3. The second kappa shape index (κ2) is 11.3. The van der Waals surface area contributed by atoms with E-state index in [1.807, 2.05) is 36.4 Å². The molecule has 5 heteroatoms. The first-order valence-corrected chi connectivity index (χ1v) is 17.8. The van der Waals surface area contributed by atoms with Crippen molar-refractivity contribution in [3.8, 4) is 28.7 Å². The summed E-state index contributed by atoms with van der Waals surface area (Å²) in [6.07, 6.45) is 10.2. The fourth-order valence-corrected chi connectivity index (χ4v) is 8.38. The molecule has 0 aliphatic heterocycles. The fourth-order valence-electron chi connectivity index (χ4n) is 8.38. The second-order valence-electron chi connectivity index (χ2n) is 13.6. The van der Waals surface area contributed by atoms with Gasteiger partial charge >= 0.3 is 0 Å². The maximum atomic E-state index is 5.27. The molecule has 0 saturated carbocycles. The molecule has 52 heavy (non-hydrogen) atoms. The van der Waals surface area contributed by atoms with Crippen LogP contribution >= 0.6 is 0 Å². The minimum atomic E-state index is 0.293. The van der Waals surface area contributed by atoms with Crippen molar-refractivity contribution in [3.05, 3.63) is 181 Å². The van der Waals surface area contributed by atoms with E-state index in [2.05, 4.69) is 143 Å². The van der Waals surface area contributed by atoms with Crippen LogP contribution in [0.1, 0.15) is 17.5 Å². The Morgan fingerprint density at radius 1 is 0.481 bits per heavy atom. The molecule has 6 aromatic carbocycles. The van der Waals surface area contributed by atoms with E-state index in [9.17, 15) is 0 Å². The topological polar surface area (TPSA) is 48.5 Å². The van der Waals surface area contributed by atoms with Crippen molar-refractivity contribution in [1.29, 1.82) is 0 Å². The summed E-state index contributed by atoms with van der Waals surface area (Å²) < 4.78 is 4.78. The minimum absolute atomic E-state index is 0.293. The van der Waals surface area contributed by atoms with Crippen molar-refractivity contribution in [3.63, 3.8) is 0 Å². The third kappa shape index (κ3) is 4.26. The van der Waals surface area contributed by atoms with Crippen LogP contribution in [-0.2, 0) is 0 Å². The number of aromatic nitrogens is 5. The lowest BCUT2D eigenvalue weighted by Crippen LogP contribution is -2.14. The van der Waals surface area contributed by atoms with Crippen molar-refractivity contribution in [1.82, 2.24) is 24.1 Å². The van der Waals surface area contributed by atoms with Gasteiger partial charge in [-0.3, -0.25) is 4.57 Å². The molecule has 244 valence electrons. The third-order valence-electron chi connectivity index (χ3n) is 10.7. The maximum Gasteiger partial charge on any atom is 0.238 e. The lowest BCUT2D eigenvalue weighted by molar-refractivity contribution is 0.832. The third-order valence-corrected chi connectivity index (χ3v) is 10.7. The Labute approximate surface area is 300 Å². The summed E-state index contributed by atoms with van der Waals surface area (Å²) in [6.45, 7) is 0. The van der Waals surface area contributed by atoms with Gasteiger partial charge in [0, 0.05) is 44.2 Å². The number of hydrogen-bond acceptors (Lipinski definition) is 3. The van der Waals surface area contributed by atoms with Crippen LogP contribution in [0.2, 0.25) is 0 Å². The largest absolute Gasteiger partial charge is 0.307 e. The van der Waals surface area contributed by atoms with Gasteiger partial charge in [0.15, 0.2) is 11.6 Å². The molecule has 0 fully saturated rings. The Morgan fingerprint density at radius 3 is 1.67 bits per heavy atom. The highest BCUT2D eigenvalue weighted by atomic mass is 15.2. The molecule has 0 radical (unpaired) electrons. The summed E-state index contributed by atoms with van der Waals surface area (Å²) in [5.74, 6) is 2.15. The molecule has 0 amide bonds. The molecule has 2 aliphatic rings. The van der Waals surface area contributed by atoms with Crippen LogP contribution < -0.4 is 0 Å². The van der Waals surface area contributed by atoms with Crippen LogP contribution in [0.15, 0.2) is 170 Å².